The fourth-order valence-electron chi connectivity index (χ4n) is 4.00. The molecule has 2 aromatic carbocycles. The van der Waals surface area contributed by atoms with Crippen molar-refractivity contribution in [3.8, 4) is 11.5 Å². The molecule has 0 saturated heterocycles. The standard InChI is InChI=1S/C23H25N3O3/c27-23(24-10-9-17-14-25-19-4-2-1-3-18(17)19)26-22(15-5-6-15)16-7-8-20-21(13-16)29-12-11-28-20/h1-4,7-8,13-15,22,25H,5-6,9-12H2,(H2,24,26,27). The fourth-order valence-corrected chi connectivity index (χ4v) is 4.00. The monoisotopic (exact) mass is 391 g/mol. The predicted octanol–water partition coefficient (Wildman–Crippen LogP) is 3.93. The average molecular weight is 391 g/mol. The Morgan fingerprint density at radius 3 is 2.79 bits per heavy atom. The van der Waals surface area contributed by atoms with Gasteiger partial charge < -0.3 is 25.1 Å². The Morgan fingerprint density at radius 2 is 1.93 bits per heavy atom. The second kappa shape index (κ2) is 7.70. The molecule has 2 heterocycles. The van der Waals surface area contributed by atoms with Crippen molar-refractivity contribution >= 4 is 16.9 Å². The Hall–Kier alpha value is -3.15. The SMILES string of the molecule is O=C(NCCc1c[nH]c2ccccc12)NC(c1ccc2c(c1)OCCO2)C1CC1. The first-order valence-corrected chi connectivity index (χ1v) is 10.3. The van der Waals surface area contributed by atoms with Crippen molar-refractivity contribution in [2.75, 3.05) is 19.8 Å². The number of ether oxygens (including phenoxy) is 2. The van der Waals surface area contributed by atoms with E-state index in [1.54, 1.807) is 0 Å². The normalized spacial score (nSPS) is 16.4. The summed E-state index contributed by atoms with van der Waals surface area (Å²) in [5, 5.41) is 7.39. The van der Waals surface area contributed by atoms with E-state index in [9.17, 15) is 4.79 Å². The summed E-state index contributed by atoms with van der Waals surface area (Å²) >= 11 is 0. The van der Waals surface area contributed by atoms with Crippen LogP contribution in [0.15, 0.2) is 48.7 Å². The van der Waals surface area contributed by atoms with Crippen LogP contribution < -0.4 is 20.1 Å². The zero-order valence-corrected chi connectivity index (χ0v) is 16.2. The second-order valence-corrected chi connectivity index (χ2v) is 7.73. The van der Waals surface area contributed by atoms with Gasteiger partial charge in [-0.1, -0.05) is 24.3 Å². The number of aromatic amines is 1. The van der Waals surface area contributed by atoms with Crippen LogP contribution in [0.3, 0.4) is 0 Å². The van der Waals surface area contributed by atoms with Crippen molar-refractivity contribution in [3.63, 3.8) is 0 Å². The van der Waals surface area contributed by atoms with Crippen LogP contribution in [-0.4, -0.2) is 30.8 Å². The van der Waals surface area contributed by atoms with Gasteiger partial charge in [0.2, 0.25) is 0 Å². The number of fused-ring (bicyclic) bond motifs is 2. The lowest BCUT2D eigenvalue weighted by Gasteiger charge is -2.23. The van der Waals surface area contributed by atoms with Crippen LogP contribution in [0.2, 0.25) is 0 Å². The maximum Gasteiger partial charge on any atom is 0.315 e. The maximum atomic E-state index is 12.6. The van der Waals surface area contributed by atoms with Crippen molar-refractivity contribution in [1.82, 2.24) is 15.6 Å². The van der Waals surface area contributed by atoms with E-state index in [2.05, 4.69) is 27.8 Å². The maximum absolute atomic E-state index is 12.6. The van der Waals surface area contributed by atoms with Gasteiger partial charge in [0.1, 0.15) is 13.2 Å². The summed E-state index contributed by atoms with van der Waals surface area (Å²) in [5.74, 6) is 2.02. The first kappa shape index (κ1) is 17.9. The zero-order valence-electron chi connectivity index (χ0n) is 16.2. The van der Waals surface area contributed by atoms with Crippen LogP contribution in [0.5, 0.6) is 11.5 Å². The Kier molecular flexibility index (Phi) is 4.76. The van der Waals surface area contributed by atoms with E-state index < -0.39 is 0 Å². The largest absolute Gasteiger partial charge is 0.486 e. The van der Waals surface area contributed by atoms with E-state index in [4.69, 9.17) is 9.47 Å². The minimum atomic E-state index is -0.128. The minimum absolute atomic E-state index is 0.00100. The number of para-hydroxylation sites is 1. The highest BCUT2D eigenvalue weighted by atomic mass is 16.6. The summed E-state index contributed by atoms with van der Waals surface area (Å²) in [4.78, 5) is 15.8. The Balaban J connectivity index is 1.20. The number of urea groups is 1. The predicted molar refractivity (Wildman–Crippen MR) is 111 cm³/mol. The lowest BCUT2D eigenvalue weighted by molar-refractivity contribution is 0.171. The van der Waals surface area contributed by atoms with Crippen LogP contribution in [-0.2, 0) is 6.42 Å². The Labute approximate surface area is 169 Å². The molecule has 6 heteroatoms. The first-order chi connectivity index (χ1) is 14.3. The van der Waals surface area contributed by atoms with Gasteiger partial charge in [-0.15, -0.1) is 0 Å². The van der Waals surface area contributed by atoms with E-state index >= 15 is 0 Å². The number of carbonyl (C=O) groups excluding carboxylic acids is 1. The Morgan fingerprint density at radius 1 is 1.10 bits per heavy atom. The number of nitrogens with one attached hydrogen (secondary N) is 3. The van der Waals surface area contributed by atoms with E-state index in [1.807, 2.05) is 36.5 Å². The molecule has 0 spiro atoms. The van der Waals surface area contributed by atoms with Crippen molar-refractivity contribution in [2.24, 2.45) is 5.92 Å². The molecule has 0 bridgehead atoms. The molecule has 1 aliphatic carbocycles. The van der Waals surface area contributed by atoms with Gasteiger partial charge in [-0.25, -0.2) is 4.79 Å². The van der Waals surface area contributed by atoms with E-state index in [0.717, 1.165) is 41.8 Å². The number of carbonyl (C=O) groups is 1. The van der Waals surface area contributed by atoms with Crippen molar-refractivity contribution in [3.05, 3.63) is 59.8 Å². The molecule has 1 fully saturated rings. The van der Waals surface area contributed by atoms with Gasteiger partial charge in [0.05, 0.1) is 6.04 Å². The molecule has 6 nitrogen and oxygen atoms in total. The fraction of sp³-hybridized carbons (Fsp3) is 0.348. The number of benzene rings is 2. The molecule has 3 N–H and O–H groups in total. The molecule has 1 unspecified atom stereocenters. The summed E-state index contributed by atoms with van der Waals surface area (Å²) in [6, 6.07) is 14.1. The molecule has 150 valence electrons. The Bertz CT molecular complexity index is 1030. The topological polar surface area (TPSA) is 75.4 Å². The van der Waals surface area contributed by atoms with Crippen molar-refractivity contribution < 1.29 is 14.3 Å². The second-order valence-electron chi connectivity index (χ2n) is 7.73. The number of rotatable bonds is 6. The highest BCUT2D eigenvalue weighted by Crippen LogP contribution is 2.43. The van der Waals surface area contributed by atoms with Gasteiger partial charge in [-0.3, -0.25) is 0 Å². The van der Waals surface area contributed by atoms with E-state index in [0.29, 0.717) is 25.7 Å². The summed E-state index contributed by atoms with van der Waals surface area (Å²) in [6.07, 6.45) is 5.07. The smallest absolute Gasteiger partial charge is 0.315 e. The molecule has 29 heavy (non-hydrogen) atoms. The van der Waals surface area contributed by atoms with Gasteiger partial charge in [0.15, 0.2) is 11.5 Å². The summed E-state index contributed by atoms with van der Waals surface area (Å²) in [7, 11) is 0. The molecule has 0 radical (unpaired) electrons. The zero-order chi connectivity index (χ0) is 19.6. The van der Waals surface area contributed by atoms with Gasteiger partial charge in [0.25, 0.3) is 0 Å². The molecule has 3 aromatic rings. The number of hydrogen-bond donors (Lipinski definition) is 3. The summed E-state index contributed by atoms with van der Waals surface area (Å²) < 4.78 is 11.3. The molecule has 1 aromatic heterocycles. The van der Waals surface area contributed by atoms with Gasteiger partial charge in [-0.05, 0) is 54.5 Å². The number of H-pyrrole nitrogens is 1. The minimum Gasteiger partial charge on any atom is -0.486 e. The molecule has 2 amide bonds. The van der Waals surface area contributed by atoms with Crippen molar-refractivity contribution in [1.29, 1.82) is 0 Å². The lowest BCUT2D eigenvalue weighted by atomic mass is 10.0. The van der Waals surface area contributed by atoms with E-state index in [1.165, 1.54) is 10.9 Å². The highest BCUT2D eigenvalue weighted by Gasteiger charge is 2.34. The average Bonchev–Trinajstić information content (AvgIpc) is 3.52. The van der Waals surface area contributed by atoms with Gasteiger partial charge >= 0.3 is 6.03 Å². The number of aromatic nitrogens is 1. The van der Waals surface area contributed by atoms with Crippen LogP contribution in [0.1, 0.15) is 30.0 Å². The third-order valence-electron chi connectivity index (χ3n) is 5.66. The van der Waals surface area contributed by atoms with Crippen LogP contribution in [0, 0.1) is 5.92 Å². The summed E-state index contributed by atoms with van der Waals surface area (Å²) in [6.45, 7) is 1.73. The molecular weight excluding hydrogens is 366 g/mol. The third-order valence-corrected chi connectivity index (χ3v) is 5.66. The highest BCUT2D eigenvalue weighted by molar-refractivity contribution is 5.83. The third kappa shape index (κ3) is 3.88. The lowest BCUT2D eigenvalue weighted by Crippen LogP contribution is -2.39. The van der Waals surface area contributed by atoms with Gasteiger partial charge in [0, 0.05) is 23.6 Å². The van der Waals surface area contributed by atoms with Crippen LogP contribution in [0.25, 0.3) is 10.9 Å². The number of hydrogen-bond acceptors (Lipinski definition) is 3. The molecule has 2 aliphatic rings. The quantitative estimate of drug-likeness (QED) is 0.596. The van der Waals surface area contributed by atoms with Crippen LogP contribution >= 0.6 is 0 Å². The van der Waals surface area contributed by atoms with Crippen molar-refractivity contribution in [2.45, 2.75) is 25.3 Å². The van der Waals surface area contributed by atoms with Gasteiger partial charge in [-0.2, -0.15) is 0 Å². The molecule has 5 rings (SSSR count). The molecule has 1 atom stereocenters. The molecular formula is C23H25N3O3. The number of amides is 2. The van der Waals surface area contributed by atoms with Crippen LogP contribution in [0.4, 0.5) is 4.79 Å². The summed E-state index contributed by atoms with van der Waals surface area (Å²) in [5.41, 5.74) is 3.41. The first-order valence-electron chi connectivity index (χ1n) is 10.3. The van der Waals surface area contributed by atoms with E-state index in [-0.39, 0.29) is 12.1 Å². The molecule has 1 saturated carbocycles. The molecule has 1 aliphatic heterocycles.